The Kier molecular flexibility index (Phi) is 3.57. The first-order valence-electron chi connectivity index (χ1n) is 5.47. The highest BCUT2D eigenvalue weighted by Crippen LogP contribution is 2.34. The first-order chi connectivity index (χ1) is 5.72. The van der Waals surface area contributed by atoms with Crippen LogP contribution >= 0.6 is 0 Å². The van der Waals surface area contributed by atoms with E-state index in [-0.39, 0.29) is 0 Å². The van der Waals surface area contributed by atoms with E-state index in [4.69, 9.17) is 0 Å². The number of rotatable bonds is 5. The Morgan fingerprint density at radius 1 is 1.33 bits per heavy atom. The van der Waals surface area contributed by atoms with E-state index < -0.39 is 0 Å². The Bertz CT molecular complexity index is 121. The van der Waals surface area contributed by atoms with Gasteiger partial charge in [0.15, 0.2) is 0 Å². The van der Waals surface area contributed by atoms with Gasteiger partial charge in [0, 0.05) is 5.54 Å². The van der Waals surface area contributed by atoms with E-state index in [1.807, 2.05) is 0 Å². The topological polar surface area (TPSA) is 12.0 Å². The van der Waals surface area contributed by atoms with E-state index in [9.17, 15) is 0 Å². The molecule has 1 N–H and O–H groups in total. The molecule has 1 aliphatic rings. The maximum atomic E-state index is 3.73. The number of hydrogen-bond acceptors (Lipinski definition) is 1. The Balaban J connectivity index is 2.20. The van der Waals surface area contributed by atoms with Crippen molar-refractivity contribution in [1.82, 2.24) is 5.32 Å². The van der Waals surface area contributed by atoms with Gasteiger partial charge in [-0.05, 0) is 38.1 Å². The van der Waals surface area contributed by atoms with E-state index >= 15 is 0 Å². The summed E-state index contributed by atoms with van der Waals surface area (Å²) >= 11 is 0. The summed E-state index contributed by atoms with van der Waals surface area (Å²) in [4.78, 5) is 0. The van der Waals surface area contributed by atoms with Gasteiger partial charge in [0.2, 0.25) is 0 Å². The van der Waals surface area contributed by atoms with Crippen molar-refractivity contribution in [3.8, 4) is 0 Å². The van der Waals surface area contributed by atoms with Crippen LogP contribution in [0.4, 0.5) is 0 Å². The third kappa shape index (κ3) is 2.22. The van der Waals surface area contributed by atoms with E-state index in [2.05, 4.69) is 26.1 Å². The molecule has 1 saturated carbocycles. The lowest BCUT2D eigenvalue weighted by atomic mass is 9.74. The van der Waals surface area contributed by atoms with Gasteiger partial charge in [-0.1, -0.05) is 27.2 Å². The summed E-state index contributed by atoms with van der Waals surface area (Å²) in [6.07, 6.45) is 6.84. The molecule has 1 heteroatoms. The molecule has 72 valence electrons. The van der Waals surface area contributed by atoms with Crippen LogP contribution in [-0.4, -0.2) is 12.1 Å². The van der Waals surface area contributed by atoms with Crippen molar-refractivity contribution >= 4 is 0 Å². The van der Waals surface area contributed by atoms with Crippen molar-refractivity contribution in [3.63, 3.8) is 0 Å². The third-order valence-electron chi connectivity index (χ3n) is 3.51. The highest BCUT2D eigenvalue weighted by Gasteiger charge is 2.34. The Labute approximate surface area is 76.9 Å². The SMILES string of the molecule is CCC(C)CNC1(CC)CCC1. The van der Waals surface area contributed by atoms with E-state index in [1.54, 1.807) is 0 Å². The molecule has 12 heavy (non-hydrogen) atoms. The van der Waals surface area contributed by atoms with E-state index in [0.29, 0.717) is 5.54 Å². The largest absolute Gasteiger partial charge is 0.311 e. The predicted molar refractivity (Wildman–Crippen MR) is 54.3 cm³/mol. The van der Waals surface area contributed by atoms with Crippen LogP contribution in [0.1, 0.15) is 52.9 Å². The highest BCUT2D eigenvalue weighted by molar-refractivity contribution is 4.94. The van der Waals surface area contributed by atoms with Gasteiger partial charge in [-0.3, -0.25) is 0 Å². The first-order valence-corrected chi connectivity index (χ1v) is 5.47. The van der Waals surface area contributed by atoms with Crippen molar-refractivity contribution < 1.29 is 0 Å². The van der Waals surface area contributed by atoms with Crippen molar-refractivity contribution in [2.75, 3.05) is 6.54 Å². The molecule has 0 aromatic rings. The van der Waals surface area contributed by atoms with Gasteiger partial charge in [-0.25, -0.2) is 0 Å². The molecule has 1 aliphatic carbocycles. The molecule has 1 nitrogen and oxygen atoms in total. The van der Waals surface area contributed by atoms with Crippen molar-refractivity contribution in [2.45, 2.75) is 58.4 Å². The van der Waals surface area contributed by atoms with Crippen LogP contribution in [0.3, 0.4) is 0 Å². The molecule has 0 radical (unpaired) electrons. The van der Waals surface area contributed by atoms with Crippen molar-refractivity contribution in [2.24, 2.45) is 5.92 Å². The van der Waals surface area contributed by atoms with Gasteiger partial charge >= 0.3 is 0 Å². The molecule has 0 bridgehead atoms. The molecule has 0 amide bonds. The molecule has 1 rings (SSSR count). The van der Waals surface area contributed by atoms with Crippen LogP contribution in [0.2, 0.25) is 0 Å². The molecular weight excluding hydrogens is 146 g/mol. The molecule has 0 aliphatic heterocycles. The predicted octanol–water partition coefficient (Wildman–Crippen LogP) is 2.95. The first kappa shape index (κ1) is 10.0. The second kappa shape index (κ2) is 4.27. The van der Waals surface area contributed by atoms with Crippen molar-refractivity contribution in [3.05, 3.63) is 0 Å². The van der Waals surface area contributed by atoms with Gasteiger partial charge in [0.1, 0.15) is 0 Å². The maximum absolute atomic E-state index is 3.73. The van der Waals surface area contributed by atoms with Gasteiger partial charge < -0.3 is 5.32 Å². The molecule has 0 spiro atoms. The summed E-state index contributed by atoms with van der Waals surface area (Å²) in [7, 11) is 0. The molecule has 0 aromatic heterocycles. The van der Waals surface area contributed by atoms with Crippen LogP contribution < -0.4 is 5.32 Å². The Morgan fingerprint density at radius 2 is 2.00 bits per heavy atom. The second-order valence-corrected chi connectivity index (χ2v) is 4.38. The fraction of sp³-hybridized carbons (Fsp3) is 1.00. The van der Waals surface area contributed by atoms with Crippen LogP contribution in [-0.2, 0) is 0 Å². The van der Waals surface area contributed by atoms with Crippen molar-refractivity contribution in [1.29, 1.82) is 0 Å². The minimum atomic E-state index is 0.545. The minimum Gasteiger partial charge on any atom is -0.311 e. The fourth-order valence-electron chi connectivity index (χ4n) is 1.79. The van der Waals surface area contributed by atoms with Crippen LogP contribution in [0, 0.1) is 5.92 Å². The van der Waals surface area contributed by atoms with Crippen LogP contribution in [0.5, 0.6) is 0 Å². The molecular formula is C11H23N. The Hall–Kier alpha value is -0.0400. The lowest BCUT2D eigenvalue weighted by molar-refractivity contribution is 0.169. The van der Waals surface area contributed by atoms with Crippen LogP contribution in [0.25, 0.3) is 0 Å². The second-order valence-electron chi connectivity index (χ2n) is 4.38. The third-order valence-corrected chi connectivity index (χ3v) is 3.51. The summed E-state index contributed by atoms with van der Waals surface area (Å²) < 4.78 is 0. The summed E-state index contributed by atoms with van der Waals surface area (Å²) in [6, 6.07) is 0. The number of hydrogen-bond donors (Lipinski definition) is 1. The quantitative estimate of drug-likeness (QED) is 0.667. The smallest absolute Gasteiger partial charge is 0.0179 e. The standard InChI is InChI=1S/C11H23N/c1-4-10(3)9-12-11(5-2)7-6-8-11/h10,12H,4-9H2,1-3H3. The highest BCUT2D eigenvalue weighted by atomic mass is 15.0. The summed E-state index contributed by atoms with van der Waals surface area (Å²) in [6.45, 7) is 8.12. The Morgan fingerprint density at radius 3 is 2.33 bits per heavy atom. The minimum absolute atomic E-state index is 0.545. The number of nitrogens with one attached hydrogen (secondary N) is 1. The average molecular weight is 169 g/mol. The van der Waals surface area contributed by atoms with E-state index in [0.717, 1.165) is 5.92 Å². The summed E-state index contributed by atoms with van der Waals surface area (Å²) in [5, 5.41) is 3.73. The lowest BCUT2D eigenvalue weighted by Gasteiger charge is -2.43. The lowest BCUT2D eigenvalue weighted by Crippen LogP contribution is -2.51. The molecule has 1 fully saturated rings. The average Bonchev–Trinajstić information content (AvgIpc) is 2.03. The molecule has 1 unspecified atom stereocenters. The molecule has 0 heterocycles. The molecule has 0 aromatic carbocycles. The summed E-state index contributed by atoms with van der Waals surface area (Å²) in [5.74, 6) is 0.842. The zero-order valence-electron chi connectivity index (χ0n) is 8.82. The summed E-state index contributed by atoms with van der Waals surface area (Å²) in [5.41, 5.74) is 0.545. The molecule has 1 atom stereocenters. The zero-order valence-corrected chi connectivity index (χ0v) is 8.82. The fourth-order valence-corrected chi connectivity index (χ4v) is 1.79. The van der Waals surface area contributed by atoms with E-state index in [1.165, 1.54) is 38.6 Å². The molecule has 0 saturated heterocycles. The maximum Gasteiger partial charge on any atom is 0.0179 e. The monoisotopic (exact) mass is 169 g/mol. The van der Waals surface area contributed by atoms with Gasteiger partial charge in [-0.2, -0.15) is 0 Å². The zero-order chi connectivity index (χ0) is 9.03. The van der Waals surface area contributed by atoms with Gasteiger partial charge in [0.05, 0.1) is 0 Å². The van der Waals surface area contributed by atoms with Crippen LogP contribution in [0.15, 0.2) is 0 Å². The van der Waals surface area contributed by atoms with Gasteiger partial charge in [0.25, 0.3) is 0 Å². The normalized spacial score (nSPS) is 23.2. The van der Waals surface area contributed by atoms with Gasteiger partial charge in [-0.15, -0.1) is 0 Å².